The second-order valence-electron chi connectivity index (χ2n) is 5.65. The average Bonchev–Trinajstić information content (AvgIpc) is 2.87. The Labute approximate surface area is 143 Å². The molecule has 0 fully saturated rings. The number of halogens is 6. The molecule has 2 aliphatic rings. The lowest BCUT2D eigenvalue weighted by atomic mass is 10.0. The van der Waals surface area contributed by atoms with E-state index in [0.29, 0.717) is 11.1 Å². The van der Waals surface area contributed by atoms with E-state index >= 15 is 0 Å². The first-order valence-electron chi connectivity index (χ1n) is 7.26. The third kappa shape index (κ3) is 4.27. The molecule has 0 unspecified atom stereocenters. The molecule has 0 aliphatic carbocycles. The third-order valence-electron chi connectivity index (χ3n) is 3.58. The monoisotopic (exact) mass is 379 g/mol. The van der Waals surface area contributed by atoms with Crippen LogP contribution in [0, 0.1) is 0 Å². The van der Waals surface area contributed by atoms with Crippen molar-refractivity contribution in [2.45, 2.75) is 12.5 Å². The van der Waals surface area contributed by atoms with Gasteiger partial charge in [0.25, 0.3) is 0 Å². The summed E-state index contributed by atoms with van der Waals surface area (Å²) >= 11 is 0. The van der Waals surface area contributed by atoms with Gasteiger partial charge in [0.15, 0.2) is 5.84 Å². The first-order valence-corrected chi connectivity index (χ1v) is 7.26. The summed E-state index contributed by atoms with van der Waals surface area (Å²) in [7, 11) is 0. The summed E-state index contributed by atoms with van der Waals surface area (Å²) in [5, 5.41) is 4.42. The number of alkyl halides is 6. The van der Waals surface area contributed by atoms with Crippen molar-refractivity contribution in [3.05, 3.63) is 35.9 Å². The van der Waals surface area contributed by atoms with Crippen molar-refractivity contribution in [2.75, 3.05) is 19.8 Å². The van der Waals surface area contributed by atoms with Crippen LogP contribution in [0.15, 0.2) is 35.4 Å². The molecule has 0 bridgehead atoms. The molecule has 0 N–H and O–H groups in total. The molecule has 2 heterocycles. The van der Waals surface area contributed by atoms with Crippen molar-refractivity contribution in [3.8, 4) is 5.75 Å². The standard InChI is InChI=1S/C15H11F6N3O2/c16-14(17,18)7-24-8-23-6-10(5-12(25)13(23)22-24)9-1-3-11(4-2-9)26-15(19,20)21/h1-5H,6-8H2. The number of hydrogen-bond acceptors (Lipinski definition) is 5. The highest BCUT2D eigenvalue weighted by Crippen LogP contribution is 2.28. The number of carbonyl (C=O) groups excluding carboxylic acids is 1. The zero-order chi connectivity index (χ0) is 19.1. The number of carbonyl (C=O) groups is 1. The molecular weight excluding hydrogens is 368 g/mol. The van der Waals surface area contributed by atoms with Crippen LogP contribution in [0.3, 0.4) is 0 Å². The van der Waals surface area contributed by atoms with Crippen LogP contribution in [-0.4, -0.2) is 53.8 Å². The summed E-state index contributed by atoms with van der Waals surface area (Å²) in [6, 6.07) is 4.87. The number of hydrazone groups is 1. The van der Waals surface area contributed by atoms with Crippen LogP contribution in [-0.2, 0) is 4.79 Å². The van der Waals surface area contributed by atoms with Gasteiger partial charge in [-0.05, 0) is 29.3 Å². The van der Waals surface area contributed by atoms with Crippen molar-refractivity contribution in [3.63, 3.8) is 0 Å². The first-order chi connectivity index (χ1) is 12.0. The Morgan fingerprint density at radius 2 is 1.73 bits per heavy atom. The average molecular weight is 379 g/mol. The Kier molecular flexibility index (Phi) is 4.32. The Morgan fingerprint density at radius 3 is 2.31 bits per heavy atom. The van der Waals surface area contributed by atoms with E-state index in [1.807, 2.05) is 0 Å². The molecule has 3 rings (SSSR count). The fourth-order valence-corrected chi connectivity index (χ4v) is 2.63. The Balaban J connectivity index is 1.72. The minimum atomic E-state index is -4.82. The smallest absolute Gasteiger partial charge is 0.406 e. The number of nitrogens with zero attached hydrogens (tertiary/aromatic N) is 3. The van der Waals surface area contributed by atoms with Crippen molar-refractivity contribution in [2.24, 2.45) is 5.10 Å². The fourth-order valence-electron chi connectivity index (χ4n) is 2.63. The van der Waals surface area contributed by atoms with E-state index in [-0.39, 0.29) is 19.0 Å². The van der Waals surface area contributed by atoms with Crippen LogP contribution in [0.5, 0.6) is 5.75 Å². The first kappa shape index (κ1) is 18.1. The van der Waals surface area contributed by atoms with Gasteiger partial charge in [0.1, 0.15) is 19.0 Å². The lowest BCUT2D eigenvalue weighted by Gasteiger charge is -2.25. The van der Waals surface area contributed by atoms with Crippen molar-refractivity contribution in [1.29, 1.82) is 0 Å². The molecular formula is C15H11F6N3O2. The van der Waals surface area contributed by atoms with Gasteiger partial charge < -0.3 is 9.64 Å². The quantitative estimate of drug-likeness (QED) is 0.758. The summed E-state index contributed by atoms with van der Waals surface area (Å²) in [4.78, 5) is 13.5. The molecule has 5 nitrogen and oxygen atoms in total. The second kappa shape index (κ2) is 6.22. The minimum Gasteiger partial charge on any atom is -0.406 e. The number of benzene rings is 1. The molecule has 0 radical (unpaired) electrons. The van der Waals surface area contributed by atoms with Crippen LogP contribution in [0.1, 0.15) is 5.56 Å². The van der Waals surface area contributed by atoms with Crippen LogP contribution in [0.25, 0.3) is 5.57 Å². The highest BCUT2D eigenvalue weighted by Gasteiger charge is 2.37. The minimum absolute atomic E-state index is 0.0879. The highest BCUT2D eigenvalue weighted by molar-refractivity contribution is 6.45. The maximum absolute atomic E-state index is 12.5. The molecule has 26 heavy (non-hydrogen) atoms. The van der Waals surface area contributed by atoms with Gasteiger partial charge in [0.2, 0.25) is 5.78 Å². The summed E-state index contributed by atoms with van der Waals surface area (Å²) in [6.45, 7) is -1.37. The Morgan fingerprint density at radius 1 is 1.08 bits per heavy atom. The van der Waals surface area contributed by atoms with Crippen LogP contribution >= 0.6 is 0 Å². The zero-order valence-electron chi connectivity index (χ0n) is 12.9. The molecule has 0 saturated heterocycles. The number of fused-ring (bicyclic) bond motifs is 1. The second-order valence-corrected chi connectivity index (χ2v) is 5.65. The number of ketones is 1. The molecule has 0 aromatic heterocycles. The topological polar surface area (TPSA) is 45.1 Å². The van der Waals surface area contributed by atoms with E-state index in [9.17, 15) is 31.1 Å². The van der Waals surface area contributed by atoms with E-state index in [2.05, 4.69) is 9.84 Å². The van der Waals surface area contributed by atoms with Gasteiger partial charge in [-0.3, -0.25) is 9.80 Å². The van der Waals surface area contributed by atoms with Gasteiger partial charge in [0.05, 0.1) is 0 Å². The molecule has 0 amide bonds. The van der Waals surface area contributed by atoms with E-state index in [0.717, 1.165) is 17.1 Å². The van der Waals surface area contributed by atoms with E-state index in [1.165, 1.54) is 23.1 Å². The van der Waals surface area contributed by atoms with Gasteiger partial charge in [-0.15, -0.1) is 13.2 Å². The van der Waals surface area contributed by atoms with Gasteiger partial charge in [-0.25, -0.2) is 0 Å². The number of amidine groups is 1. The summed E-state index contributed by atoms with van der Waals surface area (Å²) in [5.41, 5.74) is 0.919. The van der Waals surface area contributed by atoms with Gasteiger partial charge >= 0.3 is 12.5 Å². The summed E-state index contributed by atoms with van der Waals surface area (Å²) in [6.07, 6.45) is -8.05. The van der Waals surface area contributed by atoms with E-state index < -0.39 is 30.6 Å². The number of ether oxygens (including phenoxy) is 1. The summed E-state index contributed by atoms with van der Waals surface area (Å²) < 4.78 is 77.6. The molecule has 0 atom stereocenters. The lowest BCUT2D eigenvalue weighted by Crippen LogP contribution is -2.40. The van der Waals surface area contributed by atoms with Gasteiger partial charge in [-0.1, -0.05) is 12.1 Å². The molecule has 0 spiro atoms. The van der Waals surface area contributed by atoms with Gasteiger partial charge in [-0.2, -0.15) is 18.3 Å². The van der Waals surface area contributed by atoms with Crippen LogP contribution < -0.4 is 4.74 Å². The van der Waals surface area contributed by atoms with Crippen LogP contribution in [0.2, 0.25) is 0 Å². The molecule has 140 valence electrons. The largest absolute Gasteiger partial charge is 0.573 e. The molecule has 11 heteroatoms. The highest BCUT2D eigenvalue weighted by atomic mass is 19.4. The van der Waals surface area contributed by atoms with E-state index in [1.54, 1.807) is 0 Å². The normalized spacial score (nSPS) is 17.8. The Bertz CT molecular complexity index is 767. The van der Waals surface area contributed by atoms with Crippen molar-refractivity contribution >= 4 is 17.2 Å². The number of rotatable bonds is 3. The van der Waals surface area contributed by atoms with Crippen molar-refractivity contribution < 1.29 is 35.9 Å². The predicted octanol–water partition coefficient (Wildman–Crippen LogP) is 3.00. The Hall–Kier alpha value is -2.72. The molecule has 2 aliphatic heterocycles. The molecule has 1 aromatic carbocycles. The molecule has 1 aromatic rings. The maximum atomic E-state index is 12.5. The molecule has 0 saturated carbocycles. The lowest BCUT2D eigenvalue weighted by molar-refractivity contribution is -0.274. The zero-order valence-corrected chi connectivity index (χ0v) is 12.9. The SMILES string of the molecule is O=C1C=C(c2ccc(OC(F)(F)F)cc2)CN2CN(CC(F)(F)F)N=C12. The number of hydrogen-bond donors (Lipinski definition) is 0. The summed E-state index contributed by atoms with van der Waals surface area (Å²) in [5.74, 6) is -1.06. The fraction of sp³-hybridized carbons (Fsp3) is 0.333. The van der Waals surface area contributed by atoms with Crippen molar-refractivity contribution in [1.82, 2.24) is 9.91 Å². The predicted molar refractivity (Wildman–Crippen MR) is 77.9 cm³/mol. The third-order valence-corrected chi connectivity index (χ3v) is 3.58. The maximum Gasteiger partial charge on any atom is 0.573 e. The van der Waals surface area contributed by atoms with Gasteiger partial charge in [0, 0.05) is 6.54 Å². The van der Waals surface area contributed by atoms with Crippen LogP contribution in [0.4, 0.5) is 26.3 Å². The van der Waals surface area contributed by atoms with E-state index in [4.69, 9.17) is 0 Å².